The number of halogens is 1. The van der Waals surface area contributed by atoms with E-state index in [2.05, 4.69) is 34.5 Å². The molecule has 0 radical (unpaired) electrons. The summed E-state index contributed by atoms with van der Waals surface area (Å²) in [6, 6.07) is 1.75. The zero-order valence-corrected chi connectivity index (χ0v) is 12.6. The van der Waals surface area contributed by atoms with E-state index < -0.39 is 10.0 Å². The molecule has 1 heterocycles. The minimum absolute atomic E-state index is 0.360. The highest BCUT2D eigenvalue weighted by Crippen LogP contribution is 2.27. The second-order valence-electron chi connectivity index (χ2n) is 3.59. The van der Waals surface area contributed by atoms with Crippen molar-refractivity contribution in [3.63, 3.8) is 0 Å². The van der Waals surface area contributed by atoms with Crippen LogP contribution < -0.4 is 4.72 Å². The lowest BCUT2D eigenvalue weighted by molar-refractivity contribution is 0.479. The third-order valence-electron chi connectivity index (χ3n) is 2.55. The molecule has 6 heteroatoms. The molecule has 0 aliphatic heterocycles. The van der Waals surface area contributed by atoms with E-state index in [-0.39, 0.29) is 0 Å². The quantitative estimate of drug-likeness (QED) is 0.872. The largest absolute Gasteiger partial charge is 0.251 e. The van der Waals surface area contributed by atoms with Gasteiger partial charge in [-0.1, -0.05) is 26.7 Å². The average molecular weight is 326 g/mol. The van der Waals surface area contributed by atoms with Gasteiger partial charge in [-0.05, 0) is 33.3 Å². The van der Waals surface area contributed by atoms with Gasteiger partial charge in [-0.3, -0.25) is 0 Å². The molecule has 16 heavy (non-hydrogen) atoms. The molecule has 0 fully saturated rings. The van der Waals surface area contributed by atoms with Gasteiger partial charge in [-0.2, -0.15) is 0 Å². The fraction of sp³-hybridized carbons (Fsp3) is 0.600. The Labute approximate surface area is 109 Å². The number of nitrogens with one attached hydrogen (secondary N) is 1. The van der Waals surface area contributed by atoms with Gasteiger partial charge in [0.1, 0.15) is 4.21 Å². The molecule has 0 atom stereocenters. The molecule has 1 N–H and O–H groups in total. The summed E-state index contributed by atoms with van der Waals surface area (Å²) in [7, 11) is -3.34. The number of hydrogen-bond acceptors (Lipinski definition) is 3. The lowest BCUT2D eigenvalue weighted by atomic mass is 10.0. The summed E-state index contributed by atoms with van der Waals surface area (Å²) in [4.78, 5) is 0. The first-order valence-corrected chi connectivity index (χ1v) is 8.39. The van der Waals surface area contributed by atoms with Crippen molar-refractivity contribution in [3.05, 3.63) is 15.9 Å². The van der Waals surface area contributed by atoms with Gasteiger partial charge < -0.3 is 0 Å². The molecule has 3 nitrogen and oxygen atoms in total. The van der Waals surface area contributed by atoms with Crippen LogP contribution in [-0.2, 0) is 10.0 Å². The SMILES string of the molecule is CCC(CC)CNS(=O)(=O)c1sccc1Br. The van der Waals surface area contributed by atoms with Crippen molar-refractivity contribution in [3.8, 4) is 0 Å². The molecule has 0 saturated heterocycles. The van der Waals surface area contributed by atoms with Crippen LogP contribution in [0.2, 0.25) is 0 Å². The monoisotopic (exact) mass is 325 g/mol. The Kier molecular flexibility index (Phi) is 5.43. The molecule has 1 aromatic rings. The molecule has 0 saturated carbocycles. The molecule has 0 amide bonds. The summed E-state index contributed by atoms with van der Waals surface area (Å²) in [6.45, 7) is 4.66. The van der Waals surface area contributed by atoms with Crippen LogP contribution in [0.1, 0.15) is 26.7 Å². The van der Waals surface area contributed by atoms with Crippen LogP contribution in [-0.4, -0.2) is 15.0 Å². The van der Waals surface area contributed by atoms with Crippen molar-refractivity contribution in [1.82, 2.24) is 4.72 Å². The van der Waals surface area contributed by atoms with Crippen molar-refractivity contribution < 1.29 is 8.42 Å². The first-order chi connectivity index (χ1) is 7.51. The third-order valence-corrected chi connectivity index (χ3v) is 6.64. The maximum Gasteiger partial charge on any atom is 0.251 e. The smallest absolute Gasteiger partial charge is 0.210 e. The third kappa shape index (κ3) is 3.55. The first-order valence-electron chi connectivity index (χ1n) is 5.23. The van der Waals surface area contributed by atoms with Crippen LogP contribution in [0.25, 0.3) is 0 Å². The van der Waals surface area contributed by atoms with Crippen LogP contribution in [0.15, 0.2) is 20.1 Å². The summed E-state index contributed by atoms with van der Waals surface area (Å²) in [5.41, 5.74) is 0. The zero-order valence-electron chi connectivity index (χ0n) is 9.36. The fourth-order valence-electron chi connectivity index (χ4n) is 1.34. The highest BCUT2D eigenvalue weighted by Gasteiger charge is 2.19. The van der Waals surface area contributed by atoms with Gasteiger partial charge in [0.25, 0.3) is 10.0 Å². The van der Waals surface area contributed by atoms with Crippen molar-refractivity contribution in [2.75, 3.05) is 6.54 Å². The van der Waals surface area contributed by atoms with Gasteiger partial charge in [0.15, 0.2) is 0 Å². The fourth-order valence-corrected chi connectivity index (χ4v) is 4.84. The van der Waals surface area contributed by atoms with Crippen LogP contribution in [0, 0.1) is 5.92 Å². The summed E-state index contributed by atoms with van der Waals surface area (Å²) in [6.07, 6.45) is 1.98. The average Bonchev–Trinajstić information content (AvgIpc) is 2.66. The maximum atomic E-state index is 11.9. The predicted molar refractivity (Wildman–Crippen MR) is 71.3 cm³/mol. The van der Waals surface area contributed by atoms with Crippen LogP contribution >= 0.6 is 27.3 Å². The van der Waals surface area contributed by atoms with Gasteiger partial charge in [-0.15, -0.1) is 11.3 Å². The zero-order chi connectivity index (χ0) is 12.2. The minimum atomic E-state index is -3.34. The van der Waals surface area contributed by atoms with Crippen LogP contribution in [0.5, 0.6) is 0 Å². The molecule has 0 unspecified atom stereocenters. The second-order valence-corrected chi connectivity index (χ2v) is 7.32. The molecule has 0 aliphatic carbocycles. The molecule has 0 aromatic carbocycles. The van der Waals surface area contributed by atoms with E-state index >= 15 is 0 Å². The van der Waals surface area contributed by atoms with E-state index in [0.29, 0.717) is 21.1 Å². The van der Waals surface area contributed by atoms with Crippen molar-refractivity contribution >= 4 is 37.3 Å². The minimum Gasteiger partial charge on any atom is -0.210 e. The van der Waals surface area contributed by atoms with E-state index in [9.17, 15) is 8.42 Å². The highest BCUT2D eigenvalue weighted by molar-refractivity contribution is 9.10. The van der Waals surface area contributed by atoms with E-state index in [1.165, 1.54) is 11.3 Å². The summed E-state index contributed by atoms with van der Waals surface area (Å²) < 4.78 is 27.5. The summed E-state index contributed by atoms with van der Waals surface area (Å²) >= 11 is 4.46. The summed E-state index contributed by atoms with van der Waals surface area (Å²) in [5.74, 6) is 0.411. The molecular weight excluding hydrogens is 310 g/mol. The first kappa shape index (κ1) is 14.2. The van der Waals surface area contributed by atoms with Gasteiger partial charge >= 0.3 is 0 Å². The van der Waals surface area contributed by atoms with E-state index in [1.54, 1.807) is 11.4 Å². The van der Waals surface area contributed by atoms with E-state index in [0.717, 1.165) is 12.8 Å². The van der Waals surface area contributed by atoms with Crippen LogP contribution in [0.3, 0.4) is 0 Å². The number of rotatable bonds is 6. The van der Waals surface area contributed by atoms with E-state index in [1.807, 2.05) is 0 Å². The van der Waals surface area contributed by atoms with Crippen molar-refractivity contribution in [2.45, 2.75) is 30.9 Å². The molecular formula is C10H16BrNO2S2. The lowest BCUT2D eigenvalue weighted by Gasteiger charge is -2.12. The highest BCUT2D eigenvalue weighted by atomic mass is 79.9. The Morgan fingerprint density at radius 3 is 2.50 bits per heavy atom. The molecule has 1 aromatic heterocycles. The van der Waals surface area contributed by atoms with Gasteiger partial charge in [0.05, 0.1) is 0 Å². The Morgan fingerprint density at radius 1 is 1.44 bits per heavy atom. The Bertz CT molecular complexity index is 424. The van der Waals surface area contributed by atoms with Gasteiger partial charge in [0, 0.05) is 11.0 Å². The molecule has 1 rings (SSSR count). The Balaban J connectivity index is 2.70. The number of hydrogen-bond donors (Lipinski definition) is 1. The topological polar surface area (TPSA) is 46.2 Å². The maximum absolute atomic E-state index is 11.9. The molecule has 92 valence electrons. The normalized spacial score (nSPS) is 12.2. The van der Waals surface area contributed by atoms with Crippen molar-refractivity contribution in [1.29, 1.82) is 0 Å². The van der Waals surface area contributed by atoms with Gasteiger partial charge in [0.2, 0.25) is 0 Å². The Hall–Kier alpha value is 0.0900. The van der Waals surface area contributed by atoms with E-state index in [4.69, 9.17) is 0 Å². The number of sulfonamides is 1. The van der Waals surface area contributed by atoms with Crippen LogP contribution in [0.4, 0.5) is 0 Å². The Morgan fingerprint density at radius 2 is 2.06 bits per heavy atom. The predicted octanol–water partition coefficient (Wildman–Crippen LogP) is 3.23. The molecule has 0 bridgehead atoms. The van der Waals surface area contributed by atoms with Gasteiger partial charge in [-0.25, -0.2) is 13.1 Å². The molecule has 0 spiro atoms. The second kappa shape index (κ2) is 6.14. The summed E-state index contributed by atoms with van der Waals surface area (Å²) in [5, 5.41) is 1.76. The standard InChI is InChI=1S/C10H16BrNO2S2/c1-3-8(4-2)7-12-16(13,14)10-9(11)5-6-15-10/h5-6,8,12H,3-4,7H2,1-2H3. The number of thiophene rings is 1. The molecule has 0 aliphatic rings. The van der Waals surface area contributed by atoms with Crippen molar-refractivity contribution in [2.24, 2.45) is 5.92 Å². The lowest BCUT2D eigenvalue weighted by Crippen LogP contribution is -2.28.